The topological polar surface area (TPSA) is 56.8 Å². The Morgan fingerprint density at radius 2 is 2.04 bits per heavy atom. The van der Waals surface area contributed by atoms with Crippen LogP contribution in [0.2, 0.25) is 0 Å². The first-order valence-corrected chi connectivity index (χ1v) is 9.53. The van der Waals surface area contributed by atoms with Crippen LogP contribution in [0.1, 0.15) is 58.1 Å². The van der Waals surface area contributed by atoms with Crippen molar-refractivity contribution in [2.75, 3.05) is 14.2 Å². The van der Waals surface area contributed by atoms with Gasteiger partial charge in [-0.05, 0) is 31.7 Å². The molecule has 5 nitrogen and oxygen atoms in total. The second kappa shape index (κ2) is 7.47. The largest absolute Gasteiger partial charge is 0.493 e. The van der Waals surface area contributed by atoms with Crippen molar-refractivity contribution in [3.8, 4) is 11.5 Å². The van der Waals surface area contributed by atoms with Crippen LogP contribution in [0.15, 0.2) is 18.2 Å². The van der Waals surface area contributed by atoms with Crippen LogP contribution in [0.4, 0.5) is 0 Å². The number of amides is 1. The van der Waals surface area contributed by atoms with Crippen LogP contribution < -0.4 is 14.8 Å². The Hall–Kier alpha value is -1.75. The third-order valence-electron chi connectivity index (χ3n) is 6.06. The van der Waals surface area contributed by atoms with Crippen molar-refractivity contribution in [2.24, 2.45) is 11.8 Å². The molecule has 1 heterocycles. The van der Waals surface area contributed by atoms with Crippen LogP contribution in [-0.4, -0.2) is 31.8 Å². The average Bonchev–Trinajstić information content (AvgIpc) is 2.59. The Morgan fingerprint density at radius 3 is 2.69 bits per heavy atom. The van der Waals surface area contributed by atoms with Gasteiger partial charge < -0.3 is 19.5 Å². The highest BCUT2D eigenvalue weighted by atomic mass is 16.5. The Morgan fingerprint density at radius 1 is 1.27 bits per heavy atom. The van der Waals surface area contributed by atoms with Gasteiger partial charge in [-0.2, -0.15) is 0 Å². The lowest BCUT2D eigenvalue weighted by Gasteiger charge is -2.52. The van der Waals surface area contributed by atoms with Crippen molar-refractivity contribution in [2.45, 2.75) is 64.2 Å². The van der Waals surface area contributed by atoms with E-state index in [0.717, 1.165) is 24.8 Å². The molecule has 1 saturated carbocycles. The zero-order valence-electron chi connectivity index (χ0n) is 16.5. The monoisotopic (exact) mass is 361 g/mol. The van der Waals surface area contributed by atoms with Gasteiger partial charge in [0.05, 0.1) is 26.4 Å². The second-order valence-electron chi connectivity index (χ2n) is 8.07. The molecule has 1 aliphatic carbocycles. The third kappa shape index (κ3) is 3.54. The summed E-state index contributed by atoms with van der Waals surface area (Å²) >= 11 is 0. The van der Waals surface area contributed by atoms with E-state index in [4.69, 9.17) is 14.2 Å². The molecular weight excluding hydrogens is 330 g/mol. The highest BCUT2D eigenvalue weighted by Gasteiger charge is 2.49. The number of carbonyl (C=O) groups is 1. The van der Waals surface area contributed by atoms with Crippen molar-refractivity contribution in [3.63, 3.8) is 0 Å². The molecule has 26 heavy (non-hydrogen) atoms. The fourth-order valence-electron chi connectivity index (χ4n) is 4.90. The van der Waals surface area contributed by atoms with Gasteiger partial charge in [0.25, 0.3) is 0 Å². The van der Waals surface area contributed by atoms with Gasteiger partial charge in [-0.15, -0.1) is 0 Å². The Bertz CT molecular complexity index is 661. The average molecular weight is 361 g/mol. The first-order chi connectivity index (χ1) is 12.4. The molecule has 5 atom stereocenters. The predicted molar refractivity (Wildman–Crippen MR) is 101 cm³/mol. The molecule has 1 aromatic carbocycles. The van der Waals surface area contributed by atoms with E-state index < -0.39 is 0 Å². The molecule has 144 valence electrons. The van der Waals surface area contributed by atoms with Crippen molar-refractivity contribution in [3.05, 3.63) is 23.8 Å². The summed E-state index contributed by atoms with van der Waals surface area (Å²) in [7, 11) is 3.30. The number of carbonyl (C=O) groups excluding carboxylic acids is 1. The SMILES string of the molecule is COc1cccc([C@H]2C[C@@](C)(NC(C)=O)[C@@H]3CC[C@@H](C)C[C@H]3O2)c1OC. The van der Waals surface area contributed by atoms with Gasteiger partial charge in [0.1, 0.15) is 0 Å². The van der Waals surface area contributed by atoms with Gasteiger partial charge in [0, 0.05) is 30.4 Å². The van der Waals surface area contributed by atoms with Crippen LogP contribution in [-0.2, 0) is 9.53 Å². The number of hydrogen-bond acceptors (Lipinski definition) is 4. The fourth-order valence-corrected chi connectivity index (χ4v) is 4.90. The smallest absolute Gasteiger partial charge is 0.217 e. The van der Waals surface area contributed by atoms with Crippen molar-refractivity contribution in [1.29, 1.82) is 0 Å². The van der Waals surface area contributed by atoms with E-state index in [2.05, 4.69) is 19.2 Å². The molecular formula is C21H31NO4. The summed E-state index contributed by atoms with van der Waals surface area (Å²) in [6.45, 7) is 6.05. The van der Waals surface area contributed by atoms with Crippen LogP contribution in [0, 0.1) is 11.8 Å². The van der Waals surface area contributed by atoms with Gasteiger partial charge in [-0.25, -0.2) is 0 Å². The van der Waals surface area contributed by atoms with E-state index in [0.29, 0.717) is 23.3 Å². The number of hydrogen-bond donors (Lipinski definition) is 1. The first kappa shape index (κ1) is 19.0. The molecule has 0 aromatic heterocycles. The van der Waals surface area contributed by atoms with Gasteiger partial charge in [0.2, 0.25) is 5.91 Å². The summed E-state index contributed by atoms with van der Waals surface area (Å²) in [6, 6.07) is 5.89. The third-order valence-corrected chi connectivity index (χ3v) is 6.06. The van der Waals surface area contributed by atoms with E-state index in [1.54, 1.807) is 21.1 Å². The molecule has 1 aliphatic heterocycles. The number of benzene rings is 1. The van der Waals surface area contributed by atoms with Crippen LogP contribution in [0.3, 0.4) is 0 Å². The highest BCUT2D eigenvalue weighted by Crippen LogP contribution is 2.50. The number of rotatable bonds is 4. The minimum Gasteiger partial charge on any atom is -0.493 e. The van der Waals surface area contributed by atoms with E-state index in [1.807, 2.05) is 18.2 Å². The van der Waals surface area contributed by atoms with Gasteiger partial charge in [-0.3, -0.25) is 4.79 Å². The van der Waals surface area contributed by atoms with Gasteiger partial charge in [-0.1, -0.05) is 25.5 Å². The normalized spacial score (nSPS) is 33.9. The van der Waals surface area contributed by atoms with Crippen molar-refractivity contribution < 1.29 is 19.0 Å². The lowest BCUT2D eigenvalue weighted by Crippen LogP contribution is -2.60. The molecule has 5 heteroatoms. The van der Waals surface area contributed by atoms with E-state index in [1.165, 1.54) is 6.42 Å². The Balaban J connectivity index is 1.97. The summed E-state index contributed by atoms with van der Waals surface area (Å²) in [5.41, 5.74) is 0.702. The summed E-state index contributed by atoms with van der Waals surface area (Å²) in [5.74, 6) is 2.42. The molecule has 0 bridgehead atoms. The van der Waals surface area contributed by atoms with E-state index >= 15 is 0 Å². The number of para-hydroxylation sites is 1. The zero-order valence-corrected chi connectivity index (χ0v) is 16.5. The van der Waals surface area contributed by atoms with Crippen LogP contribution in [0.25, 0.3) is 0 Å². The molecule has 1 amide bonds. The summed E-state index contributed by atoms with van der Waals surface area (Å²) in [6.07, 6.45) is 4.04. The van der Waals surface area contributed by atoms with Crippen LogP contribution >= 0.6 is 0 Å². The maximum Gasteiger partial charge on any atom is 0.217 e. The molecule has 0 spiro atoms. The first-order valence-electron chi connectivity index (χ1n) is 9.53. The molecule has 2 fully saturated rings. The lowest BCUT2D eigenvalue weighted by molar-refractivity contribution is -0.153. The van der Waals surface area contributed by atoms with Crippen molar-refractivity contribution >= 4 is 5.91 Å². The molecule has 1 saturated heterocycles. The van der Waals surface area contributed by atoms with E-state index in [-0.39, 0.29) is 23.7 Å². The zero-order chi connectivity index (χ0) is 18.9. The standard InChI is InChI=1S/C21H31NO4/c1-13-9-10-16-18(11-13)26-19(12-21(16,3)22-14(2)23)15-7-6-8-17(24-4)20(15)25-5/h6-8,13,16,18-19H,9-12H2,1-5H3,(H,22,23)/t13-,16-,18-,19-,21-/m1/s1. The maximum atomic E-state index is 11.9. The summed E-state index contributed by atoms with van der Waals surface area (Å²) < 4.78 is 17.7. The second-order valence-corrected chi connectivity index (χ2v) is 8.07. The van der Waals surface area contributed by atoms with E-state index in [9.17, 15) is 4.79 Å². The minimum absolute atomic E-state index is 0.0168. The van der Waals surface area contributed by atoms with Crippen LogP contribution in [0.5, 0.6) is 11.5 Å². The molecule has 1 aromatic rings. The predicted octanol–water partition coefficient (Wildman–Crippen LogP) is 3.86. The summed E-state index contributed by atoms with van der Waals surface area (Å²) in [5, 5.41) is 3.25. The highest BCUT2D eigenvalue weighted by molar-refractivity contribution is 5.73. The Labute approximate surface area is 156 Å². The van der Waals surface area contributed by atoms with Gasteiger partial charge in [0.15, 0.2) is 11.5 Å². The van der Waals surface area contributed by atoms with Gasteiger partial charge >= 0.3 is 0 Å². The number of nitrogens with one attached hydrogen (secondary N) is 1. The lowest BCUT2D eigenvalue weighted by atomic mass is 9.66. The molecule has 0 unspecified atom stereocenters. The maximum absolute atomic E-state index is 11.9. The number of methoxy groups -OCH3 is 2. The molecule has 1 N–H and O–H groups in total. The number of ether oxygens (including phenoxy) is 3. The quantitative estimate of drug-likeness (QED) is 0.885. The van der Waals surface area contributed by atoms with Crippen molar-refractivity contribution in [1.82, 2.24) is 5.32 Å². The molecule has 3 rings (SSSR count). The molecule has 0 radical (unpaired) electrons. The number of fused-ring (bicyclic) bond motifs is 1. The minimum atomic E-state index is -0.284. The molecule has 2 aliphatic rings. The summed E-state index contributed by atoms with van der Waals surface area (Å²) in [4.78, 5) is 11.9. The fraction of sp³-hybridized carbons (Fsp3) is 0.667. The Kier molecular flexibility index (Phi) is 5.47.